The van der Waals surface area contributed by atoms with Crippen LogP contribution >= 0.6 is 0 Å². The van der Waals surface area contributed by atoms with Crippen molar-refractivity contribution in [3.05, 3.63) is 53.0 Å². The number of methoxy groups -OCH3 is 2. The molecule has 0 atom stereocenters. The first-order valence-corrected chi connectivity index (χ1v) is 7.36. The second-order valence-electron chi connectivity index (χ2n) is 5.36. The highest BCUT2D eigenvalue weighted by atomic mass is 16.5. The monoisotopic (exact) mass is 325 g/mol. The van der Waals surface area contributed by atoms with E-state index < -0.39 is 0 Å². The average molecular weight is 325 g/mol. The predicted octanol–water partition coefficient (Wildman–Crippen LogP) is 2.54. The summed E-state index contributed by atoms with van der Waals surface area (Å²) in [6.07, 6.45) is 3.10. The Balaban J connectivity index is 1.92. The lowest BCUT2D eigenvalue weighted by atomic mass is 10.2. The van der Waals surface area contributed by atoms with Crippen molar-refractivity contribution in [3.63, 3.8) is 0 Å². The number of hydrogen-bond donors (Lipinski definition) is 1. The molecule has 0 saturated heterocycles. The number of rotatable bonds is 4. The SMILES string of the molecule is COc1cc2[nH]c3c(=O)n(Cc4ccco4)cnc3c2cc1OC. The molecule has 0 radical (unpaired) electrons. The van der Waals surface area contributed by atoms with Crippen molar-refractivity contribution in [2.45, 2.75) is 6.54 Å². The van der Waals surface area contributed by atoms with Crippen LogP contribution in [0.5, 0.6) is 11.5 Å². The molecule has 3 aromatic heterocycles. The minimum absolute atomic E-state index is 0.162. The van der Waals surface area contributed by atoms with Gasteiger partial charge in [0.25, 0.3) is 5.56 Å². The van der Waals surface area contributed by atoms with Crippen LogP contribution in [0.25, 0.3) is 21.9 Å². The molecule has 0 saturated carbocycles. The highest BCUT2D eigenvalue weighted by molar-refractivity contribution is 6.05. The number of benzene rings is 1. The number of nitrogens with one attached hydrogen (secondary N) is 1. The van der Waals surface area contributed by atoms with Gasteiger partial charge >= 0.3 is 0 Å². The van der Waals surface area contributed by atoms with Gasteiger partial charge in [-0.15, -0.1) is 0 Å². The second-order valence-corrected chi connectivity index (χ2v) is 5.36. The Hall–Kier alpha value is -3.22. The fraction of sp³-hybridized carbons (Fsp3) is 0.176. The quantitative estimate of drug-likeness (QED) is 0.623. The smallest absolute Gasteiger partial charge is 0.278 e. The van der Waals surface area contributed by atoms with Gasteiger partial charge in [0.1, 0.15) is 16.8 Å². The number of hydrogen-bond acceptors (Lipinski definition) is 5. The van der Waals surface area contributed by atoms with Crippen LogP contribution in [0.4, 0.5) is 0 Å². The van der Waals surface area contributed by atoms with E-state index in [9.17, 15) is 4.79 Å². The summed E-state index contributed by atoms with van der Waals surface area (Å²) < 4.78 is 17.4. The highest BCUT2D eigenvalue weighted by Gasteiger charge is 2.15. The van der Waals surface area contributed by atoms with Crippen LogP contribution in [0.1, 0.15) is 5.76 Å². The molecule has 0 aliphatic heterocycles. The largest absolute Gasteiger partial charge is 0.493 e. The number of ether oxygens (including phenoxy) is 2. The van der Waals surface area contributed by atoms with E-state index in [1.165, 1.54) is 10.9 Å². The minimum Gasteiger partial charge on any atom is -0.493 e. The lowest BCUT2D eigenvalue weighted by Crippen LogP contribution is -2.20. The van der Waals surface area contributed by atoms with Gasteiger partial charge < -0.3 is 18.9 Å². The predicted molar refractivity (Wildman–Crippen MR) is 88.8 cm³/mol. The maximum Gasteiger partial charge on any atom is 0.278 e. The lowest BCUT2D eigenvalue weighted by Gasteiger charge is -2.06. The normalized spacial score (nSPS) is 11.2. The molecule has 0 fully saturated rings. The number of aromatic nitrogens is 3. The topological polar surface area (TPSA) is 82.3 Å². The van der Waals surface area contributed by atoms with Gasteiger partial charge in [0, 0.05) is 11.5 Å². The molecule has 7 nitrogen and oxygen atoms in total. The molecule has 3 heterocycles. The van der Waals surface area contributed by atoms with Crippen molar-refractivity contribution in [2.24, 2.45) is 0 Å². The summed E-state index contributed by atoms with van der Waals surface area (Å²) in [4.78, 5) is 20.3. The van der Waals surface area contributed by atoms with E-state index in [2.05, 4.69) is 9.97 Å². The van der Waals surface area contributed by atoms with Crippen LogP contribution in [-0.4, -0.2) is 28.8 Å². The molecule has 4 aromatic rings. The number of H-pyrrole nitrogens is 1. The molecule has 122 valence electrons. The van der Waals surface area contributed by atoms with E-state index >= 15 is 0 Å². The van der Waals surface area contributed by atoms with Gasteiger partial charge in [-0.1, -0.05) is 0 Å². The van der Waals surface area contributed by atoms with Gasteiger partial charge in [-0.2, -0.15) is 0 Å². The Morgan fingerprint density at radius 3 is 2.75 bits per heavy atom. The number of aromatic amines is 1. The Kier molecular flexibility index (Phi) is 3.26. The standard InChI is InChI=1S/C17H15N3O4/c1-22-13-6-11-12(7-14(13)23-2)19-16-15(11)18-9-20(17(16)21)8-10-4-3-5-24-10/h3-7,9,19H,8H2,1-2H3. The summed E-state index contributed by atoms with van der Waals surface area (Å²) in [5.41, 5.74) is 1.65. The van der Waals surface area contributed by atoms with Crippen molar-refractivity contribution in [2.75, 3.05) is 14.2 Å². The van der Waals surface area contributed by atoms with Crippen molar-refractivity contribution in [3.8, 4) is 11.5 Å². The maximum absolute atomic E-state index is 12.7. The Morgan fingerprint density at radius 1 is 1.25 bits per heavy atom. The van der Waals surface area contributed by atoms with Crippen molar-refractivity contribution >= 4 is 21.9 Å². The first kappa shape index (κ1) is 14.4. The summed E-state index contributed by atoms with van der Waals surface area (Å²) in [5, 5.41) is 0.810. The molecule has 0 aliphatic rings. The lowest BCUT2D eigenvalue weighted by molar-refractivity contribution is 0.356. The highest BCUT2D eigenvalue weighted by Crippen LogP contribution is 2.34. The first-order valence-electron chi connectivity index (χ1n) is 7.36. The van der Waals surface area contributed by atoms with Gasteiger partial charge in [-0.05, 0) is 18.2 Å². The molecular weight excluding hydrogens is 310 g/mol. The van der Waals surface area contributed by atoms with Gasteiger partial charge in [0.05, 0.1) is 38.9 Å². The molecule has 0 amide bonds. The molecule has 4 rings (SSSR count). The molecule has 0 bridgehead atoms. The fourth-order valence-corrected chi connectivity index (χ4v) is 2.80. The van der Waals surface area contributed by atoms with Crippen LogP contribution in [-0.2, 0) is 6.54 Å². The van der Waals surface area contributed by atoms with Crippen molar-refractivity contribution in [1.29, 1.82) is 0 Å². The summed E-state index contributed by atoms with van der Waals surface area (Å²) >= 11 is 0. The molecule has 0 spiro atoms. The Labute approximate surface area is 136 Å². The molecule has 1 N–H and O–H groups in total. The molecule has 0 aliphatic carbocycles. The minimum atomic E-state index is -0.162. The zero-order valence-corrected chi connectivity index (χ0v) is 13.2. The fourth-order valence-electron chi connectivity index (χ4n) is 2.80. The van der Waals surface area contributed by atoms with Crippen molar-refractivity contribution < 1.29 is 13.9 Å². The van der Waals surface area contributed by atoms with Crippen LogP contribution < -0.4 is 15.0 Å². The maximum atomic E-state index is 12.7. The summed E-state index contributed by atoms with van der Waals surface area (Å²) in [5.74, 6) is 1.87. The Bertz CT molecular complexity index is 1080. The van der Waals surface area contributed by atoms with E-state index in [0.717, 1.165) is 10.9 Å². The zero-order chi connectivity index (χ0) is 16.7. The number of nitrogens with zero attached hydrogens (tertiary/aromatic N) is 2. The van der Waals surface area contributed by atoms with Crippen LogP contribution in [0.2, 0.25) is 0 Å². The third-order valence-corrected chi connectivity index (χ3v) is 3.98. The number of fused-ring (bicyclic) bond motifs is 3. The molecule has 7 heteroatoms. The molecular formula is C17H15N3O4. The van der Waals surface area contributed by atoms with Crippen molar-refractivity contribution in [1.82, 2.24) is 14.5 Å². The first-order chi connectivity index (χ1) is 11.7. The summed E-state index contributed by atoms with van der Waals surface area (Å²) in [6.45, 7) is 0.330. The van der Waals surface area contributed by atoms with Gasteiger partial charge in [0.15, 0.2) is 11.5 Å². The summed E-state index contributed by atoms with van der Waals surface area (Å²) in [6, 6.07) is 7.22. The van der Waals surface area contributed by atoms with Crippen LogP contribution in [0.3, 0.4) is 0 Å². The van der Waals surface area contributed by atoms with Crippen LogP contribution in [0, 0.1) is 0 Å². The molecule has 0 unspecified atom stereocenters. The molecule has 1 aromatic carbocycles. The third kappa shape index (κ3) is 2.13. The van der Waals surface area contributed by atoms with Gasteiger partial charge in [-0.25, -0.2) is 4.98 Å². The molecule has 24 heavy (non-hydrogen) atoms. The second kappa shape index (κ2) is 5.45. The number of furan rings is 1. The van der Waals surface area contributed by atoms with Crippen LogP contribution in [0.15, 0.2) is 46.1 Å². The Morgan fingerprint density at radius 2 is 2.04 bits per heavy atom. The third-order valence-electron chi connectivity index (χ3n) is 3.98. The average Bonchev–Trinajstić information content (AvgIpc) is 3.23. The van der Waals surface area contributed by atoms with E-state index in [1.807, 2.05) is 12.1 Å². The van der Waals surface area contributed by atoms with E-state index in [-0.39, 0.29) is 5.56 Å². The van der Waals surface area contributed by atoms with Gasteiger partial charge in [-0.3, -0.25) is 9.36 Å². The zero-order valence-electron chi connectivity index (χ0n) is 13.2. The summed E-state index contributed by atoms with van der Waals surface area (Å²) in [7, 11) is 3.14. The van der Waals surface area contributed by atoms with E-state index in [1.54, 1.807) is 32.6 Å². The van der Waals surface area contributed by atoms with E-state index in [4.69, 9.17) is 13.9 Å². The van der Waals surface area contributed by atoms with E-state index in [0.29, 0.717) is 34.8 Å². The van der Waals surface area contributed by atoms with Gasteiger partial charge in [0.2, 0.25) is 0 Å².